The Bertz CT molecular complexity index is 335. The second-order valence-electron chi connectivity index (χ2n) is 6.63. The normalized spacial score (nSPS) is 18.7. The van der Waals surface area contributed by atoms with Crippen LogP contribution in [-0.4, -0.2) is 18.8 Å². The molecule has 2 N–H and O–H groups in total. The van der Waals surface area contributed by atoms with E-state index in [1.54, 1.807) is 0 Å². The van der Waals surface area contributed by atoms with Crippen molar-refractivity contribution >= 4 is 14.7 Å². The van der Waals surface area contributed by atoms with Crippen molar-refractivity contribution in [2.75, 3.05) is 6.61 Å². The Labute approximate surface area is 142 Å². The lowest BCUT2D eigenvalue weighted by Crippen LogP contribution is -2.34. The van der Waals surface area contributed by atoms with Crippen molar-refractivity contribution in [3.8, 4) is 0 Å². The van der Waals surface area contributed by atoms with Crippen LogP contribution in [0, 0.1) is 11.8 Å². The van der Waals surface area contributed by atoms with Gasteiger partial charge in [-0.05, 0) is 12.3 Å². The number of rotatable bonds is 12. The summed E-state index contributed by atoms with van der Waals surface area (Å²) in [5, 5.41) is 0. The summed E-state index contributed by atoms with van der Waals surface area (Å²) in [5.41, 5.74) is 6.00. The summed E-state index contributed by atoms with van der Waals surface area (Å²) in [6.07, 6.45) is 11.4. The highest BCUT2D eigenvalue weighted by Crippen LogP contribution is 2.27. The van der Waals surface area contributed by atoms with Gasteiger partial charge in [0, 0.05) is 6.42 Å². The van der Waals surface area contributed by atoms with Gasteiger partial charge in [-0.1, -0.05) is 64.7 Å². The molecule has 0 bridgehead atoms. The molecule has 6 heteroatoms. The third kappa shape index (κ3) is 9.39. The highest BCUT2D eigenvalue weighted by Gasteiger charge is 2.24. The predicted molar refractivity (Wildman–Crippen MR) is 91.1 cm³/mol. The quantitative estimate of drug-likeness (QED) is 0.242. The van der Waals surface area contributed by atoms with Crippen LogP contribution in [0.2, 0.25) is 0 Å². The first-order valence-electron chi connectivity index (χ1n) is 9.08. The van der Waals surface area contributed by atoms with Crippen LogP contribution in [0.25, 0.3) is 0 Å². The summed E-state index contributed by atoms with van der Waals surface area (Å²) in [7, 11) is -0.396. The van der Waals surface area contributed by atoms with Crippen molar-refractivity contribution in [1.82, 2.24) is 0 Å². The first-order chi connectivity index (χ1) is 11.2. The number of carbonyl (C=O) groups excluding carboxylic acids is 1. The molecule has 23 heavy (non-hydrogen) atoms. The van der Waals surface area contributed by atoms with Crippen molar-refractivity contribution in [1.29, 1.82) is 0 Å². The molecule has 1 saturated carbocycles. The summed E-state index contributed by atoms with van der Waals surface area (Å²) >= 11 is 0. The van der Waals surface area contributed by atoms with Crippen molar-refractivity contribution in [2.24, 2.45) is 17.6 Å². The maximum atomic E-state index is 12.3. The molecule has 0 aliphatic heterocycles. The third-order valence-corrected chi connectivity index (χ3v) is 4.88. The Hall–Kier alpha value is -0.510. The summed E-state index contributed by atoms with van der Waals surface area (Å²) in [5.74, 6) is -0.106. The van der Waals surface area contributed by atoms with Gasteiger partial charge < -0.3 is 4.74 Å². The van der Waals surface area contributed by atoms with Crippen LogP contribution in [0.15, 0.2) is 0 Å². The minimum absolute atomic E-state index is 0.131. The number of ether oxygens (including phenoxy) is 1. The van der Waals surface area contributed by atoms with E-state index in [0.717, 1.165) is 32.1 Å². The van der Waals surface area contributed by atoms with Crippen molar-refractivity contribution in [3.05, 3.63) is 0 Å². The maximum Gasteiger partial charge on any atom is 0.327 e. The molecule has 1 aliphatic carbocycles. The smallest absolute Gasteiger partial charge is 0.327 e. The van der Waals surface area contributed by atoms with Gasteiger partial charge in [0.2, 0.25) is 0 Å². The first kappa shape index (κ1) is 20.5. The van der Waals surface area contributed by atoms with Gasteiger partial charge >= 0.3 is 14.7 Å². The average molecular weight is 345 g/mol. The third-order valence-electron chi connectivity index (χ3n) is 4.63. The maximum absolute atomic E-state index is 12.3. The fourth-order valence-electron chi connectivity index (χ4n) is 3.25. The minimum atomic E-state index is -0.534. The Morgan fingerprint density at radius 2 is 1.96 bits per heavy atom. The summed E-state index contributed by atoms with van der Waals surface area (Å²) in [6.45, 7) is 2.28. The lowest BCUT2D eigenvalue weighted by molar-refractivity contribution is -0.156. The Balaban J connectivity index is 2.35. The molecule has 2 atom stereocenters. The minimum Gasteiger partial charge on any atom is -0.447 e. The van der Waals surface area contributed by atoms with Crippen LogP contribution in [0.3, 0.4) is 0 Å². The van der Waals surface area contributed by atoms with Gasteiger partial charge in [-0.3, -0.25) is 15.1 Å². The fraction of sp³-hybridized carbons (Fsp3) is 0.941. The summed E-state index contributed by atoms with van der Waals surface area (Å²) in [4.78, 5) is 12.3. The topological polar surface area (TPSA) is 78.6 Å². The fourth-order valence-corrected chi connectivity index (χ4v) is 3.49. The largest absolute Gasteiger partial charge is 0.447 e. The number of hydrogen-bond donors (Lipinski definition) is 1. The molecule has 0 spiro atoms. The van der Waals surface area contributed by atoms with E-state index in [-0.39, 0.29) is 18.5 Å². The van der Waals surface area contributed by atoms with Crippen molar-refractivity contribution in [3.63, 3.8) is 0 Å². The monoisotopic (exact) mass is 345 g/mol. The molecule has 0 heterocycles. The van der Waals surface area contributed by atoms with Crippen LogP contribution < -0.4 is 5.73 Å². The Kier molecular flexibility index (Phi) is 11.5. The van der Waals surface area contributed by atoms with E-state index in [0.29, 0.717) is 12.3 Å². The Morgan fingerprint density at radius 3 is 2.61 bits per heavy atom. The van der Waals surface area contributed by atoms with Crippen molar-refractivity contribution in [2.45, 2.75) is 83.8 Å². The number of hydrogen-bond acceptors (Lipinski definition) is 5. The van der Waals surface area contributed by atoms with Gasteiger partial charge in [-0.15, -0.1) is 0 Å². The number of nitrogens with two attached hydrogens (primary N) is 1. The molecule has 0 amide bonds. The van der Waals surface area contributed by atoms with E-state index in [2.05, 4.69) is 6.92 Å². The SMILES string of the molecule is CCCCCCC(COP=O)C(=O)OC(N)CC1CCCCC1. The van der Waals surface area contributed by atoms with E-state index in [1.807, 2.05) is 0 Å². The van der Waals surface area contributed by atoms with Gasteiger partial charge in [-0.25, -0.2) is 4.57 Å². The molecule has 2 unspecified atom stereocenters. The van der Waals surface area contributed by atoms with Crippen LogP contribution >= 0.6 is 8.69 Å². The molecule has 1 rings (SSSR count). The number of carbonyl (C=O) groups is 1. The lowest BCUT2D eigenvalue weighted by atomic mass is 9.86. The van der Waals surface area contributed by atoms with E-state index < -0.39 is 14.9 Å². The van der Waals surface area contributed by atoms with Gasteiger partial charge in [0.1, 0.15) is 0 Å². The average Bonchev–Trinajstić information content (AvgIpc) is 2.55. The molecule has 1 fully saturated rings. The molecule has 0 aromatic heterocycles. The highest BCUT2D eigenvalue weighted by atomic mass is 31.1. The second-order valence-corrected chi connectivity index (χ2v) is 7.04. The predicted octanol–water partition coefficient (Wildman–Crippen LogP) is 4.59. The molecule has 0 aromatic carbocycles. The number of esters is 1. The highest BCUT2D eigenvalue weighted by molar-refractivity contribution is 7.17. The molecular formula is C17H32NO4P. The first-order valence-corrected chi connectivity index (χ1v) is 9.81. The van der Waals surface area contributed by atoms with Crippen LogP contribution in [0.4, 0.5) is 0 Å². The van der Waals surface area contributed by atoms with Crippen LogP contribution in [-0.2, 0) is 18.6 Å². The van der Waals surface area contributed by atoms with Gasteiger partial charge in [0.25, 0.3) is 0 Å². The van der Waals surface area contributed by atoms with Crippen molar-refractivity contribution < 1.29 is 18.6 Å². The lowest BCUT2D eigenvalue weighted by Gasteiger charge is -2.25. The molecule has 134 valence electrons. The summed E-state index contributed by atoms with van der Waals surface area (Å²) in [6, 6.07) is 0. The van der Waals surface area contributed by atoms with Gasteiger partial charge in [0.05, 0.1) is 12.5 Å². The van der Waals surface area contributed by atoms with E-state index in [9.17, 15) is 9.36 Å². The van der Waals surface area contributed by atoms with Crippen LogP contribution in [0.1, 0.15) is 77.6 Å². The van der Waals surface area contributed by atoms with Gasteiger partial charge in [0.15, 0.2) is 6.23 Å². The second kappa shape index (κ2) is 12.9. The van der Waals surface area contributed by atoms with E-state index in [4.69, 9.17) is 15.0 Å². The van der Waals surface area contributed by atoms with Gasteiger partial charge in [-0.2, -0.15) is 0 Å². The zero-order valence-electron chi connectivity index (χ0n) is 14.4. The molecule has 5 nitrogen and oxygen atoms in total. The van der Waals surface area contributed by atoms with E-state index in [1.165, 1.54) is 32.1 Å². The molecule has 1 aliphatic rings. The molecule has 0 aromatic rings. The Morgan fingerprint density at radius 1 is 1.22 bits per heavy atom. The zero-order chi connectivity index (χ0) is 16.9. The molecule has 0 saturated heterocycles. The molecule has 0 radical (unpaired) electrons. The van der Waals surface area contributed by atoms with E-state index >= 15 is 0 Å². The zero-order valence-corrected chi connectivity index (χ0v) is 15.3. The molecular weight excluding hydrogens is 313 g/mol. The number of unbranched alkanes of at least 4 members (excludes halogenated alkanes) is 3. The summed E-state index contributed by atoms with van der Waals surface area (Å²) < 4.78 is 20.8. The standard InChI is InChI=1S/C17H32NO4P/c1-2-3-4-8-11-15(13-21-23-20)17(19)22-16(18)12-14-9-6-5-7-10-14/h14-16H,2-13,18H2,1H3. The van der Waals surface area contributed by atoms with Crippen LogP contribution in [0.5, 0.6) is 0 Å².